The molecule has 1 aliphatic heterocycles. The highest BCUT2D eigenvalue weighted by molar-refractivity contribution is 5.84. The van der Waals surface area contributed by atoms with Crippen molar-refractivity contribution in [2.45, 2.75) is 0 Å². The van der Waals surface area contributed by atoms with Crippen LogP contribution < -0.4 is 9.47 Å². The normalized spacial score (nSPS) is 13.6. The Hall–Kier alpha value is -1.71. The molecule has 0 fully saturated rings. The van der Waals surface area contributed by atoms with Crippen molar-refractivity contribution in [2.24, 2.45) is 5.16 Å². The van der Waals surface area contributed by atoms with Gasteiger partial charge in [-0.05, 0) is 12.1 Å². The Kier molecular flexibility index (Phi) is 2.04. The van der Waals surface area contributed by atoms with Gasteiger partial charge in [-0.3, -0.25) is 0 Å². The van der Waals surface area contributed by atoms with E-state index in [0.29, 0.717) is 0 Å². The summed E-state index contributed by atoms with van der Waals surface area (Å²) in [5.41, 5.74) is 0.858. The highest BCUT2D eigenvalue weighted by Gasteiger charge is 2.15. The lowest BCUT2D eigenvalue weighted by molar-refractivity contribution is 0.173. The number of oxime groups is 1. The van der Waals surface area contributed by atoms with Crippen LogP contribution in [0.3, 0.4) is 0 Å². The first-order chi connectivity index (χ1) is 6.42. The number of ether oxygens (including phenoxy) is 2. The predicted octanol–water partition coefficient (Wildman–Crippen LogP) is 1.40. The summed E-state index contributed by atoms with van der Waals surface area (Å²) in [6.45, 7) is 0.271. The van der Waals surface area contributed by atoms with E-state index in [1.807, 2.05) is 18.2 Å². The van der Waals surface area contributed by atoms with Gasteiger partial charge in [0.15, 0.2) is 11.5 Å². The van der Waals surface area contributed by atoms with Crippen molar-refractivity contribution < 1.29 is 14.3 Å². The fraction of sp³-hybridized carbons (Fsp3) is 0.222. The highest BCUT2D eigenvalue weighted by Crippen LogP contribution is 2.34. The summed E-state index contributed by atoms with van der Waals surface area (Å²) in [5.74, 6) is 1.48. The van der Waals surface area contributed by atoms with E-state index < -0.39 is 0 Å². The van der Waals surface area contributed by atoms with Crippen LogP contribution in [-0.2, 0) is 4.84 Å². The van der Waals surface area contributed by atoms with Crippen LogP contribution in [0, 0.1) is 0 Å². The Bertz CT molecular complexity index is 336. The molecule has 0 aromatic heterocycles. The maximum absolute atomic E-state index is 5.26. The zero-order chi connectivity index (χ0) is 9.10. The van der Waals surface area contributed by atoms with Gasteiger partial charge in [-0.2, -0.15) is 0 Å². The molecule has 0 amide bonds. The van der Waals surface area contributed by atoms with Crippen molar-refractivity contribution >= 4 is 6.21 Å². The van der Waals surface area contributed by atoms with Crippen molar-refractivity contribution in [1.29, 1.82) is 0 Å². The first-order valence-electron chi connectivity index (χ1n) is 3.87. The molecule has 1 heterocycles. The zero-order valence-electron chi connectivity index (χ0n) is 7.19. The number of para-hydroxylation sites is 1. The van der Waals surface area contributed by atoms with E-state index in [-0.39, 0.29) is 6.79 Å². The molecule has 0 aliphatic carbocycles. The van der Waals surface area contributed by atoms with Crippen molar-refractivity contribution in [1.82, 2.24) is 0 Å². The molecule has 1 aliphatic rings. The minimum absolute atomic E-state index is 0.271. The van der Waals surface area contributed by atoms with E-state index in [1.165, 1.54) is 7.11 Å². The maximum atomic E-state index is 5.26. The van der Waals surface area contributed by atoms with Crippen LogP contribution in [0.25, 0.3) is 0 Å². The molecule has 2 rings (SSSR count). The number of nitrogens with zero attached hydrogens (tertiary/aromatic N) is 1. The van der Waals surface area contributed by atoms with E-state index in [4.69, 9.17) is 9.47 Å². The third-order valence-corrected chi connectivity index (χ3v) is 1.72. The average Bonchev–Trinajstić information content (AvgIpc) is 2.62. The summed E-state index contributed by atoms with van der Waals surface area (Å²) >= 11 is 0. The molecule has 0 spiro atoms. The molecule has 0 saturated heterocycles. The van der Waals surface area contributed by atoms with Gasteiger partial charge in [0.1, 0.15) is 7.11 Å². The molecule has 1 aromatic carbocycles. The SMILES string of the molecule is CON=Cc1cccc2c1OCO2. The van der Waals surface area contributed by atoms with Gasteiger partial charge in [-0.15, -0.1) is 0 Å². The van der Waals surface area contributed by atoms with Gasteiger partial charge in [0.05, 0.1) is 6.21 Å². The summed E-state index contributed by atoms with van der Waals surface area (Å²) in [4.78, 5) is 4.58. The Morgan fingerprint density at radius 1 is 1.46 bits per heavy atom. The second kappa shape index (κ2) is 3.35. The number of fused-ring (bicyclic) bond motifs is 1. The largest absolute Gasteiger partial charge is 0.454 e. The van der Waals surface area contributed by atoms with Crippen LogP contribution in [-0.4, -0.2) is 20.1 Å². The third-order valence-electron chi connectivity index (χ3n) is 1.72. The fourth-order valence-corrected chi connectivity index (χ4v) is 1.16. The van der Waals surface area contributed by atoms with Gasteiger partial charge >= 0.3 is 0 Å². The number of benzene rings is 1. The van der Waals surface area contributed by atoms with Crippen LogP contribution in [0.2, 0.25) is 0 Å². The molecule has 4 nitrogen and oxygen atoms in total. The Morgan fingerprint density at radius 2 is 2.38 bits per heavy atom. The molecule has 1 aromatic rings. The smallest absolute Gasteiger partial charge is 0.231 e. The number of hydrogen-bond acceptors (Lipinski definition) is 4. The number of hydrogen-bond donors (Lipinski definition) is 0. The second-order valence-electron chi connectivity index (χ2n) is 2.50. The number of rotatable bonds is 2. The zero-order valence-corrected chi connectivity index (χ0v) is 7.19. The minimum Gasteiger partial charge on any atom is -0.454 e. The topological polar surface area (TPSA) is 40.0 Å². The van der Waals surface area contributed by atoms with Crippen LogP contribution in [0.4, 0.5) is 0 Å². The first kappa shape index (κ1) is 7.91. The summed E-state index contributed by atoms with van der Waals surface area (Å²) < 4.78 is 10.5. The molecule has 68 valence electrons. The van der Waals surface area contributed by atoms with Crippen LogP contribution in [0.15, 0.2) is 23.4 Å². The van der Waals surface area contributed by atoms with E-state index in [9.17, 15) is 0 Å². The Morgan fingerprint density at radius 3 is 3.23 bits per heavy atom. The third kappa shape index (κ3) is 1.42. The predicted molar refractivity (Wildman–Crippen MR) is 47.2 cm³/mol. The monoisotopic (exact) mass is 179 g/mol. The molecule has 0 unspecified atom stereocenters. The molecular weight excluding hydrogens is 170 g/mol. The summed E-state index contributed by atoms with van der Waals surface area (Å²) in [5, 5.41) is 3.66. The van der Waals surface area contributed by atoms with Gasteiger partial charge in [0, 0.05) is 5.56 Å². The molecule has 13 heavy (non-hydrogen) atoms. The molecular formula is C9H9NO3. The maximum Gasteiger partial charge on any atom is 0.231 e. The molecule has 0 atom stereocenters. The summed E-state index contributed by atoms with van der Waals surface area (Å²) in [6.07, 6.45) is 1.59. The van der Waals surface area contributed by atoms with E-state index in [0.717, 1.165) is 17.1 Å². The first-order valence-corrected chi connectivity index (χ1v) is 3.87. The molecule has 0 radical (unpaired) electrons. The quantitative estimate of drug-likeness (QED) is 0.509. The Balaban J connectivity index is 2.36. The lowest BCUT2D eigenvalue weighted by Gasteiger charge is -1.98. The molecule has 0 N–H and O–H groups in total. The van der Waals surface area contributed by atoms with Gasteiger partial charge in [-0.1, -0.05) is 11.2 Å². The standard InChI is InChI=1S/C9H9NO3/c1-11-10-5-7-3-2-4-8-9(7)13-6-12-8/h2-5H,6H2,1H3. The average molecular weight is 179 g/mol. The Labute approximate surface area is 75.7 Å². The van der Waals surface area contributed by atoms with Crippen molar-refractivity contribution in [2.75, 3.05) is 13.9 Å². The van der Waals surface area contributed by atoms with E-state index >= 15 is 0 Å². The van der Waals surface area contributed by atoms with E-state index in [2.05, 4.69) is 9.99 Å². The van der Waals surface area contributed by atoms with E-state index in [1.54, 1.807) is 6.21 Å². The van der Waals surface area contributed by atoms with Crippen LogP contribution in [0.5, 0.6) is 11.5 Å². The van der Waals surface area contributed by atoms with Gasteiger partial charge in [0.2, 0.25) is 6.79 Å². The molecule has 0 bridgehead atoms. The van der Waals surface area contributed by atoms with Crippen LogP contribution >= 0.6 is 0 Å². The lowest BCUT2D eigenvalue weighted by Crippen LogP contribution is -1.94. The summed E-state index contributed by atoms with van der Waals surface area (Å²) in [7, 11) is 1.50. The molecule has 4 heteroatoms. The van der Waals surface area contributed by atoms with Crippen molar-refractivity contribution in [3.8, 4) is 11.5 Å². The summed E-state index contributed by atoms with van der Waals surface area (Å²) in [6, 6.07) is 5.62. The van der Waals surface area contributed by atoms with Crippen LogP contribution in [0.1, 0.15) is 5.56 Å². The fourth-order valence-electron chi connectivity index (χ4n) is 1.16. The highest BCUT2D eigenvalue weighted by atomic mass is 16.7. The van der Waals surface area contributed by atoms with Crippen molar-refractivity contribution in [3.63, 3.8) is 0 Å². The molecule has 0 saturated carbocycles. The van der Waals surface area contributed by atoms with Gasteiger partial charge < -0.3 is 14.3 Å². The van der Waals surface area contributed by atoms with Gasteiger partial charge in [0.25, 0.3) is 0 Å². The lowest BCUT2D eigenvalue weighted by atomic mass is 10.2. The minimum atomic E-state index is 0.271. The van der Waals surface area contributed by atoms with Crippen molar-refractivity contribution in [3.05, 3.63) is 23.8 Å². The van der Waals surface area contributed by atoms with Gasteiger partial charge in [-0.25, -0.2) is 0 Å². The second-order valence-corrected chi connectivity index (χ2v) is 2.50.